The molecule has 0 aromatic heterocycles. The Kier molecular flexibility index (Phi) is 6.23. The number of hydrazine groups is 1. The van der Waals surface area contributed by atoms with Crippen LogP contribution >= 0.6 is 0 Å². The van der Waals surface area contributed by atoms with E-state index in [1.54, 1.807) is 12.1 Å². The second-order valence-corrected chi connectivity index (χ2v) is 7.01. The van der Waals surface area contributed by atoms with Crippen molar-refractivity contribution < 1.29 is 19.4 Å². The van der Waals surface area contributed by atoms with E-state index >= 15 is 0 Å². The highest BCUT2D eigenvalue weighted by atomic mass is 16.6. The molecule has 0 bridgehead atoms. The Labute approximate surface area is 153 Å². The Bertz CT molecular complexity index is 782. The Morgan fingerprint density at radius 2 is 1.69 bits per heavy atom. The van der Waals surface area contributed by atoms with Gasteiger partial charge in [0.25, 0.3) is 0 Å². The van der Waals surface area contributed by atoms with E-state index in [0.29, 0.717) is 30.3 Å². The fraction of sp³-hybridized carbons (Fsp3) is 0.350. The number of nitrogens with one attached hydrogen (secondary N) is 1. The zero-order chi connectivity index (χ0) is 19.3. The van der Waals surface area contributed by atoms with Gasteiger partial charge in [0.2, 0.25) is 0 Å². The van der Waals surface area contributed by atoms with E-state index in [-0.39, 0.29) is 11.1 Å². The van der Waals surface area contributed by atoms with Crippen molar-refractivity contribution >= 4 is 5.97 Å². The summed E-state index contributed by atoms with van der Waals surface area (Å²) in [4.78, 5) is 11.3. The van der Waals surface area contributed by atoms with Gasteiger partial charge in [0.1, 0.15) is 13.2 Å². The Hall–Kier alpha value is -2.57. The van der Waals surface area contributed by atoms with Crippen LogP contribution in [0, 0.1) is 6.92 Å². The van der Waals surface area contributed by atoms with E-state index in [0.717, 1.165) is 11.1 Å². The SMILES string of the molecule is CC(C)(C)NN.Cc1c(-c2ccccc2C(=O)O)ccc2c1OCCO2. The average Bonchev–Trinajstić information content (AvgIpc) is 2.62. The molecule has 0 saturated carbocycles. The number of hydrogen-bond acceptors (Lipinski definition) is 5. The van der Waals surface area contributed by atoms with Gasteiger partial charge in [-0.1, -0.05) is 24.3 Å². The zero-order valence-electron chi connectivity index (χ0n) is 15.6. The maximum Gasteiger partial charge on any atom is 0.336 e. The van der Waals surface area contributed by atoms with Crippen LogP contribution in [0.3, 0.4) is 0 Å². The van der Waals surface area contributed by atoms with Crippen molar-refractivity contribution in [2.75, 3.05) is 13.2 Å². The van der Waals surface area contributed by atoms with Crippen LogP contribution in [0.2, 0.25) is 0 Å². The van der Waals surface area contributed by atoms with Gasteiger partial charge < -0.3 is 14.6 Å². The summed E-state index contributed by atoms with van der Waals surface area (Å²) in [5.41, 5.74) is 5.40. The van der Waals surface area contributed by atoms with Gasteiger partial charge in [-0.25, -0.2) is 4.79 Å². The molecule has 0 aliphatic carbocycles. The summed E-state index contributed by atoms with van der Waals surface area (Å²) in [5.74, 6) is 5.54. The van der Waals surface area contributed by atoms with Gasteiger partial charge in [-0.3, -0.25) is 11.3 Å². The molecule has 140 valence electrons. The van der Waals surface area contributed by atoms with Crippen molar-refractivity contribution in [1.82, 2.24) is 5.43 Å². The van der Waals surface area contributed by atoms with Gasteiger partial charge in [0, 0.05) is 11.1 Å². The lowest BCUT2D eigenvalue weighted by Crippen LogP contribution is -2.41. The molecule has 6 nitrogen and oxygen atoms in total. The summed E-state index contributed by atoms with van der Waals surface area (Å²) in [6.07, 6.45) is 0. The topological polar surface area (TPSA) is 93.8 Å². The van der Waals surface area contributed by atoms with Crippen molar-refractivity contribution in [2.45, 2.75) is 33.2 Å². The molecule has 0 spiro atoms. The second kappa shape index (κ2) is 8.21. The first kappa shape index (κ1) is 19.8. The lowest BCUT2D eigenvalue weighted by atomic mass is 9.95. The molecule has 0 radical (unpaired) electrons. The first-order chi connectivity index (χ1) is 12.2. The summed E-state index contributed by atoms with van der Waals surface area (Å²) in [6.45, 7) is 8.99. The minimum absolute atomic E-state index is 0.0694. The lowest BCUT2D eigenvalue weighted by molar-refractivity contribution is 0.0697. The van der Waals surface area contributed by atoms with Gasteiger partial charge in [0.15, 0.2) is 11.5 Å². The van der Waals surface area contributed by atoms with E-state index in [2.05, 4.69) is 5.43 Å². The van der Waals surface area contributed by atoms with Crippen molar-refractivity contribution in [2.24, 2.45) is 5.84 Å². The molecule has 4 N–H and O–H groups in total. The number of fused-ring (bicyclic) bond motifs is 1. The fourth-order valence-corrected chi connectivity index (χ4v) is 2.45. The predicted molar refractivity (Wildman–Crippen MR) is 102 cm³/mol. The maximum absolute atomic E-state index is 11.3. The lowest BCUT2D eigenvalue weighted by Gasteiger charge is -2.22. The van der Waals surface area contributed by atoms with E-state index in [9.17, 15) is 9.90 Å². The predicted octanol–water partition coefficient (Wildman–Crippen LogP) is 3.38. The van der Waals surface area contributed by atoms with Gasteiger partial charge >= 0.3 is 5.97 Å². The number of aromatic carboxylic acids is 1. The first-order valence-electron chi connectivity index (χ1n) is 8.44. The van der Waals surface area contributed by atoms with Gasteiger partial charge in [-0.05, 0) is 51.0 Å². The molecule has 1 heterocycles. The van der Waals surface area contributed by atoms with Crippen LogP contribution < -0.4 is 20.7 Å². The highest BCUT2D eigenvalue weighted by Gasteiger charge is 2.19. The molecule has 3 rings (SSSR count). The quantitative estimate of drug-likeness (QED) is 0.563. The summed E-state index contributed by atoms with van der Waals surface area (Å²) < 4.78 is 11.2. The molecular weight excluding hydrogens is 332 g/mol. The summed E-state index contributed by atoms with van der Waals surface area (Å²) in [6, 6.07) is 10.7. The van der Waals surface area contributed by atoms with Crippen molar-refractivity contribution in [3.63, 3.8) is 0 Å². The molecule has 0 atom stereocenters. The number of benzene rings is 2. The van der Waals surface area contributed by atoms with Crippen LogP contribution in [0.5, 0.6) is 11.5 Å². The number of nitrogens with two attached hydrogens (primary N) is 1. The van der Waals surface area contributed by atoms with Crippen LogP contribution in [-0.2, 0) is 0 Å². The monoisotopic (exact) mass is 358 g/mol. The number of carboxylic acid groups (broad SMARTS) is 1. The third kappa shape index (κ3) is 4.74. The molecule has 0 saturated heterocycles. The van der Waals surface area contributed by atoms with Crippen LogP contribution in [0.1, 0.15) is 36.7 Å². The standard InChI is InChI=1S/C16H14O4.C4H12N2/c1-10-11(6-7-14-15(10)20-9-8-19-14)12-4-2-3-5-13(12)16(17)18;1-4(2,3)6-5/h2-7H,8-9H2,1H3,(H,17,18);6H,5H2,1-3H3. The number of rotatable bonds is 2. The molecule has 2 aromatic rings. The molecule has 0 fully saturated rings. The van der Waals surface area contributed by atoms with Gasteiger partial charge in [-0.15, -0.1) is 0 Å². The summed E-state index contributed by atoms with van der Waals surface area (Å²) >= 11 is 0. The van der Waals surface area contributed by atoms with E-state index in [1.807, 2.05) is 52.0 Å². The largest absolute Gasteiger partial charge is 0.486 e. The molecule has 1 aliphatic heterocycles. The fourth-order valence-electron chi connectivity index (χ4n) is 2.45. The smallest absolute Gasteiger partial charge is 0.336 e. The van der Waals surface area contributed by atoms with Crippen molar-refractivity contribution in [3.8, 4) is 22.6 Å². The highest BCUT2D eigenvalue weighted by molar-refractivity contribution is 5.96. The number of hydrogen-bond donors (Lipinski definition) is 3. The Balaban J connectivity index is 0.000000352. The third-order valence-corrected chi connectivity index (χ3v) is 3.84. The number of ether oxygens (including phenoxy) is 2. The van der Waals surface area contributed by atoms with Gasteiger partial charge in [-0.2, -0.15) is 0 Å². The second-order valence-electron chi connectivity index (χ2n) is 7.01. The maximum atomic E-state index is 11.3. The molecule has 6 heteroatoms. The number of carbonyl (C=O) groups is 1. The van der Waals surface area contributed by atoms with Gasteiger partial charge in [0.05, 0.1) is 5.56 Å². The minimum Gasteiger partial charge on any atom is -0.486 e. The molecule has 0 amide bonds. The molecule has 0 unspecified atom stereocenters. The zero-order valence-corrected chi connectivity index (χ0v) is 15.6. The molecule has 1 aliphatic rings. The highest BCUT2D eigenvalue weighted by Crippen LogP contribution is 2.40. The third-order valence-electron chi connectivity index (χ3n) is 3.84. The van der Waals surface area contributed by atoms with Crippen molar-refractivity contribution in [3.05, 3.63) is 47.5 Å². The normalized spacial score (nSPS) is 12.8. The minimum atomic E-state index is -0.935. The Morgan fingerprint density at radius 3 is 2.31 bits per heavy atom. The molecule has 2 aromatic carbocycles. The van der Waals surface area contributed by atoms with E-state index in [1.165, 1.54) is 0 Å². The molecule has 26 heavy (non-hydrogen) atoms. The van der Waals surface area contributed by atoms with Crippen LogP contribution in [0.4, 0.5) is 0 Å². The van der Waals surface area contributed by atoms with Crippen LogP contribution in [0.15, 0.2) is 36.4 Å². The number of carboxylic acids is 1. The van der Waals surface area contributed by atoms with E-state index in [4.69, 9.17) is 15.3 Å². The summed E-state index contributed by atoms with van der Waals surface area (Å²) in [7, 11) is 0. The van der Waals surface area contributed by atoms with Crippen molar-refractivity contribution in [1.29, 1.82) is 0 Å². The summed E-state index contributed by atoms with van der Waals surface area (Å²) in [5, 5.41) is 9.30. The first-order valence-corrected chi connectivity index (χ1v) is 8.44. The average molecular weight is 358 g/mol. The van der Waals surface area contributed by atoms with Crippen LogP contribution in [0.25, 0.3) is 11.1 Å². The van der Waals surface area contributed by atoms with E-state index < -0.39 is 5.97 Å². The molecular formula is C20H26N2O4. The van der Waals surface area contributed by atoms with Crippen LogP contribution in [-0.4, -0.2) is 29.8 Å². The Morgan fingerprint density at radius 1 is 1.08 bits per heavy atom.